The summed E-state index contributed by atoms with van der Waals surface area (Å²) in [5.41, 5.74) is 1.23. The molecule has 34 heavy (non-hydrogen) atoms. The maximum atomic E-state index is 13.5. The Hall–Kier alpha value is -2.53. The Morgan fingerprint density at radius 3 is 2.44 bits per heavy atom. The van der Waals surface area contributed by atoms with E-state index in [1.54, 1.807) is 17.0 Å². The van der Waals surface area contributed by atoms with Crippen molar-refractivity contribution in [3.05, 3.63) is 48.0 Å². The third kappa shape index (κ3) is 5.25. The molecular formula is C24H30N4O4S2. The predicted molar refractivity (Wildman–Crippen MR) is 135 cm³/mol. The molecule has 1 aliphatic heterocycles. The van der Waals surface area contributed by atoms with Gasteiger partial charge in [-0.3, -0.25) is 9.69 Å². The van der Waals surface area contributed by atoms with Crippen LogP contribution in [0.3, 0.4) is 0 Å². The first-order chi connectivity index (χ1) is 16.3. The number of sulfonamides is 1. The number of rotatable bonds is 9. The number of fused-ring (bicyclic) bond motifs is 1. The van der Waals surface area contributed by atoms with Crippen molar-refractivity contribution in [1.82, 2.24) is 14.2 Å². The number of likely N-dealkylation sites (N-methyl/N-ethyl adjacent to an activating group) is 1. The summed E-state index contributed by atoms with van der Waals surface area (Å²) in [7, 11) is 0.382. The second-order valence-electron chi connectivity index (χ2n) is 8.45. The molecular weight excluding hydrogens is 472 g/mol. The van der Waals surface area contributed by atoms with Crippen LogP contribution in [0.15, 0.2) is 47.4 Å². The number of thiazole rings is 1. The van der Waals surface area contributed by atoms with E-state index in [0.29, 0.717) is 43.5 Å². The summed E-state index contributed by atoms with van der Waals surface area (Å²) in [6.45, 7) is 4.72. The van der Waals surface area contributed by atoms with Crippen molar-refractivity contribution in [3.8, 4) is 5.75 Å². The number of hydrogen-bond acceptors (Lipinski definition) is 7. The van der Waals surface area contributed by atoms with Crippen LogP contribution in [-0.4, -0.2) is 75.4 Å². The predicted octanol–water partition coefficient (Wildman–Crippen LogP) is 3.69. The molecule has 0 atom stereocenters. The molecule has 1 saturated heterocycles. The van der Waals surface area contributed by atoms with Crippen molar-refractivity contribution in [2.45, 2.75) is 24.7 Å². The molecule has 1 aliphatic rings. The summed E-state index contributed by atoms with van der Waals surface area (Å²) in [6, 6.07) is 11.9. The molecule has 0 N–H and O–H groups in total. The molecule has 10 heteroatoms. The molecule has 0 aliphatic carbocycles. The highest BCUT2D eigenvalue weighted by molar-refractivity contribution is 7.89. The Kier molecular flexibility index (Phi) is 7.51. The van der Waals surface area contributed by atoms with Gasteiger partial charge in [0.15, 0.2) is 5.13 Å². The van der Waals surface area contributed by atoms with E-state index in [1.807, 2.05) is 44.1 Å². The fourth-order valence-electron chi connectivity index (χ4n) is 3.85. The minimum Gasteiger partial charge on any atom is -0.494 e. The highest BCUT2D eigenvalue weighted by Gasteiger charge is 2.28. The van der Waals surface area contributed by atoms with E-state index < -0.39 is 10.0 Å². The zero-order chi connectivity index (χ0) is 24.3. The highest BCUT2D eigenvalue weighted by Crippen LogP contribution is 2.32. The lowest BCUT2D eigenvalue weighted by molar-refractivity contribution is 0.0985. The van der Waals surface area contributed by atoms with Gasteiger partial charge in [-0.2, -0.15) is 4.31 Å². The minimum absolute atomic E-state index is 0.212. The summed E-state index contributed by atoms with van der Waals surface area (Å²) in [5, 5.41) is 0.601. The van der Waals surface area contributed by atoms with E-state index in [1.165, 1.54) is 27.8 Å². The van der Waals surface area contributed by atoms with Crippen molar-refractivity contribution < 1.29 is 17.9 Å². The maximum Gasteiger partial charge on any atom is 0.260 e. The molecule has 2 heterocycles. The van der Waals surface area contributed by atoms with Crippen molar-refractivity contribution in [2.24, 2.45) is 0 Å². The average Bonchev–Trinajstić information content (AvgIpc) is 3.50. The van der Waals surface area contributed by atoms with Gasteiger partial charge in [-0.1, -0.05) is 11.3 Å². The van der Waals surface area contributed by atoms with Crippen molar-refractivity contribution in [1.29, 1.82) is 0 Å². The Labute approximate surface area is 204 Å². The normalized spacial score (nSPS) is 14.7. The van der Waals surface area contributed by atoms with Gasteiger partial charge in [-0.25, -0.2) is 13.4 Å². The second-order valence-corrected chi connectivity index (χ2v) is 11.4. The van der Waals surface area contributed by atoms with Gasteiger partial charge in [-0.15, -0.1) is 0 Å². The number of benzene rings is 2. The minimum atomic E-state index is -3.52. The van der Waals surface area contributed by atoms with Gasteiger partial charge >= 0.3 is 0 Å². The van der Waals surface area contributed by atoms with E-state index in [2.05, 4.69) is 0 Å². The van der Waals surface area contributed by atoms with Crippen LogP contribution in [0.25, 0.3) is 10.2 Å². The molecule has 0 radical (unpaired) electrons. The Morgan fingerprint density at radius 2 is 1.79 bits per heavy atom. The van der Waals surface area contributed by atoms with E-state index in [9.17, 15) is 13.2 Å². The van der Waals surface area contributed by atoms with Crippen molar-refractivity contribution in [3.63, 3.8) is 0 Å². The lowest BCUT2D eigenvalue weighted by Gasteiger charge is -2.22. The quantitative estimate of drug-likeness (QED) is 0.444. The number of ether oxygens (including phenoxy) is 1. The van der Waals surface area contributed by atoms with Crippen LogP contribution < -0.4 is 9.64 Å². The summed E-state index contributed by atoms with van der Waals surface area (Å²) in [6.07, 6.45) is 1.76. The standard InChI is InChI=1S/C24H30N4O4S2/c1-4-32-19-9-12-21-22(17-19)33-24(25-21)28(16-15-26(2)3)23(29)18-7-10-20(11-8-18)34(30,31)27-13-5-6-14-27/h7-12,17H,4-6,13-16H2,1-3H3. The van der Waals surface area contributed by atoms with Crippen LogP contribution in [0.4, 0.5) is 5.13 Å². The van der Waals surface area contributed by atoms with Crippen LogP contribution in [0.5, 0.6) is 5.75 Å². The summed E-state index contributed by atoms with van der Waals surface area (Å²) in [5.74, 6) is 0.558. The van der Waals surface area contributed by atoms with E-state index in [0.717, 1.165) is 28.8 Å². The molecule has 8 nitrogen and oxygen atoms in total. The van der Waals surface area contributed by atoms with Gasteiger partial charge in [-0.05, 0) is 76.3 Å². The Morgan fingerprint density at radius 1 is 1.09 bits per heavy atom. The van der Waals surface area contributed by atoms with E-state index in [-0.39, 0.29) is 10.8 Å². The van der Waals surface area contributed by atoms with Crippen LogP contribution in [-0.2, 0) is 10.0 Å². The monoisotopic (exact) mass is 502 g/mol. The highest BCUT2D eigenvalue weighted by atomic mass is 32.2. The largest absolute Gasteiger partial charge is 0.494 e. The molecule has 1 amide bonds. The van der Waals surface area contributed by atoms with E-state index >= 15 is 0 Å². The van der Waals surface area contributed by atoms with Crippen LogP contribution in [0.2, 0.25) is 0 Å². The third-order valence-electron chi connectivity index (χ3n) is 5.71. The molecule has 0 saturated carbocycles. The molecule has 182 valence electrons. The summed E-state index contributed by atoms with van der Waals surface area (Å²) in [4.78, 5) is 22.1. The van der Waals surface area contributed by atoms with Gasteiger partial charge < -0.3 is 9.64 Å². The first kappa shape index (κ1) is 24.6. The van der Waals surface area contributed by atoms with Crippen molar-refractivity contribution in [2.75, 3.05) is 51.8 Å². The number of hydrogen-bond donors (Lipinski definition) is 0. The molecule has 2 aromatic carbocycles. The van der Waals surface area contributed by atoms with Gasteiger partial charge in [0.2, 0.25) is 10.0 Å². The van der Waals surface area contributed by atoms with Crippen LogP contribution in [0, 0.1) is 0 Å². The van der Waals surface area contributed by atoms with Gasteiger partial charge in [0.1, 0.15) is 5.75 Å². The Bertz CT molecular complexity index is 1250. The zero-order valence-electron chi connectivity index (χ0n) is 19.7. The maximum absolute atomic E-state index is 13.5. The second kappa shape index (κ2) is 10.4. The lowest BCUT2D eigenvalue weighted by Crippen LogP contribution is -2.36. The molecule has 0 bridgehead atoms. The topological polar surface area (TPSA) is 83.0 Å². The average molecular weight is 503 g/mol. The fraction of sp³-hybridized carbons (Fsp3) is 0.417. The number of amides is 1. The van der Waals surface area contributed by atoms with Gasteiger partial charge in [0.25, 0.3) is 5.91 Å². The molecule has 3 aromatic rings. The zero-order valence-corrected chi connectivity index (χ0v) is 21.4. The Balaban J connectivity index is 1.62. The number of carbonyl (C=O) groups is 1. The number of anilines is 1. The lowest BCUT2D eigenvalue weighted by atomic mass is 10.2. The van der Waals surface area contributed by atoms with Crippen LogP contribution in [0.1, 0.15) is 30.1 Å². The molecule has 0 unspecified atom stereocenters. The summed E-state index contributed by atoms with van der Waals surface area (Å²) >= 11 is 1.44. The number of nitrogens with zero attached hydrogens (tertiary/aromatic N) is 4. The number of carbonyl (C=O) groups excluding carboxylic acids is 1. The van der Waals surface area contributed by atoms with Crippen LogP contribution >= 0.6 is 11.3 Å². The van der Waals surface area contributed by atoms with Crippen molar-refractivity contribution >= 4 is 42.6 Å². The van der Waals surface area contributed by atoms with Gasteiger partial charge in [0, 0.05) is 31.7 Å². The third-order valence-corrected chi connectivity index (χ3v) is 8.66. The molecule has 1 fully saturated rings. The molecule has 0 spiro atoms. The molecule has 1 aromatic heterocycles. The number of aromatic nitrogens is 1. The smallest absolute Gasteiger partial charge is 0.260 e. The SMILES string of the molecule is CCOc1ccc2nc(N(CCN(C)C)C(=O)c3ccc(S(=O)(=O)N4CCCC4)cc3)sc2c1. The first-order valence-electron chi connectivity index (χ1n) is 11.4. The first-order valence-corrected chi connectivity index (χ1v) is 13.7. The van der Waals surface area contributed by atoms with E-state index in [4.69, 9.17) is 9.72 Å². The molecule has 4 rings (SSSR count). The fourth-order valence-corrected chi connectivity index (χ4v) is 6.39. The van der Waals surface area contributed by atoms with Gasteiger partial charge in [0.05, 0.1) is 21.7 Å². The summed E-state index contributed by atoms with van der Waals surface area (Å²) < 4.78 is 33.7.